The number of esters is 1. The van der Waals surface area contributed by atoms with Crippen LogP contribution in [0.5, 0.6) is 5.88 Å². The van der Waals surface area contributed by atoms with Gasteiger partial charge in [-0.25, -0.2) is 14.8 Å². The highest BCUT2D eigenvalue weighted by atomic mass is 35.5. The van der Waals surface area contributed by atoms with Crippen LogP contribution in [0.15, 0.2) is 70.4 Å². The Labute approximate surface area is 292 Å². The first kappa shape index (κ1) is 32.8. The van der Waals surface area contributed by atoms with Crippen LogP contribution >= 0.6 is 23.2 Å². The maximum atomic E-state index is 13.1. The third kappa shape index (κ3) is 5.75. The van der Waals surface area contributed by atoms with Gasteiger partial charge in [-0.05, 0) is 37.0 Å². The molecular formula is C36H34Cl2N6O5. The number of aryl methyl sites for hydroxylation is 1. The maximum Gasteiger partial charge on any atom is 0.330 e. The standard InChI is InChI=1S/C36H34Cl2N6O5/c1-5-49-35(46)28-23-17-44(18-24(23)28)16-19-12-13-25(41-33(19)48-4)22-10-6-8-20(30(22)37)21-9-7-11-26(31(21)38)40-32-29-27(14-15-39-32)42(2)36(47)43(3)34(29)45/h6-15,23-24,28H,5,16-18H2,1-4H3,(H,39,40). The van der Waals surface area contributed by atoms with E-state index < -0.39 is 11.2 Å². The normalized spacial score (nSPS) is 18.4. The van der Waals surface area contributed by atoms with Gasteiger partial charge in [-0.1, -0.05) is 59.6 Å². The molecule has 0 amide bonds. The molecule has 1 N–H and O–H groups in total. The Bertz CT molecular complexity index is 2240. The number of nitrogens with zero attached hydrogens (tertiary/aromatic N) is 5. The van der Waals surface area contributed by atoms with E-state index in [0.29, 0.717) is 74.5 Å². The zero-order chi connectivity index (χ0) is 34.6. The Morgan fingerprint density at radius 2 is 1.63 bits per heavy atom. The number of benzene rings is 2. The summed E-state index contributed by atoms with van der Waals surface area (Å²) in [7, 11) is 4.64. The third-order valence-corrected chi connectivity index (χ3v) is 10.4. The van der Waals surface area contributed by atoms with Crippen LogP contribution in [0.3, 0.4) is 0 Å². The Morgan fingerprint density at radius 3 is 2.35 bits per heavy atom. The number of carbonyl (C=O) groups excluding carboxylic acids is 1. The lowest BCUT2D eigenvalue weighted by Gasteiger charge is -2.20. The number of pyridine rings is 2. The Kier molecular flexibility index (Phi) is 8.68. The molecule has 3 aromatic heterocycles. The quantitative estimate of drug-likeness (QED) is 0.194. The average molecular weight is 702 g/mol. The summed E-state index contributed by atoms with van der Waals surface area (Å²) in [5.41, 5.74) is 3.71. The van der Waals surface area contributed by atoms with Gasteiger partial charge >= 0.3 is 11.7 Å². The zero-order valence-electron chi connectivity index (χ0n) is 27.4. The van der Waals surface area contributed by atoms with Gasteiger partial charge in [0.2, 0.25) is 5.88 Å². The van der Waals surface area contributed by atoms with Crippen molar-refractivity contribution in [1.29, 1.82) is 0 Å². The predicted octanol–water partition coefficient (Wildman–Crippen LogP) is 5.66. The molecule has 1 aliphatic heterocycles. The first-order valence-electron chi connectivity index (χ1n) is 15.9. The zero-order valence-corrected chi connectivity index (χ0v) is 28.9. The highest BCUT2D eigenvalue weighted by molar-refractivity contribution is 6.39. The van der Waals surface area contributed by atoms with E-state index in [4.69, 9.17) is 37.7 Å². The molecule has 7 rings (SSSR count). The first-order chi connectivity index (χ1) is 23.6. The van der Waals surface area contributed by atoms with Gasteiger partial charge in [-0.15, -0.1) is 0 Å². The molecule has 13 heteroatoms. The molecular weight excluding hydrogens is 667 g/mol. The number of ether oxygens (including phenoxy) is 2. The molecule has 1 aliphatic carbocycles. The number of rotatable bonds is 9. The van der Waals surface area contributed by atoms with Crippen LogP contribution in [-0.4, -0.2) is 56.8 Å². The molecule has 0 radical (unpaired) electrons. The van der Waals surface area contributed by atoms with Gasteiger partial charge in [0.25, 0.3) is 5.56 Å². The van der Waals surface area contributed by atoms with Crippen molar-refractivity contribution in [2.24, 2.45) is 31.8 Å². The predicted molar refractivity (Wildman–Crippen MR) is 190 cm³/mol. The molecule has 2 aliphatic rings. The fourth-order valence-corrected chi connectivity index (χ4v) is 7.61. The largest absolute Gasteiger partial charge is 0.481 e. The van der Waals surface area contributed by atoms with Crippen molar-refractivity contribution in [1.82, 2.24) is 24.0 Å². The minimum Gasteiger partial charge on any atom is -0.481 e. The number of aromatic nitrogens is 4. The number of carbonyl (C=O) groups is 1. The van der Waals surface area contributed by atoms with Gasteiger partial charge in [-0.2, -0.15) is 0 Å². The van der Waals surface area contributed by atoms with Crippen LogP contribution in [0.2, 0.25) is 10.0 Å². The second-order valence-electron chi connectivity index (χ2n) is 12.4. The molecule has 11 nitrogen and oxygen atoms in total. The van der Waals surface area contributed by atoms with Crippen molar-refractivity contribution in [3.05, 3.63) is 97.2 Å². The number of likely N-dealkylation sites (tertiary alicyclic amines) is 1. The van der Waals surface area contributed by atoms with Gasteiger partial charge in [0.15, 0.2) is 0 Å². The van der Waals surface area contributed by atoms with Crippen molar-refractivity contribution in [2.45, 2.75) is 13.5 Å². The summed E-state index contributed by atoms with van der Waals surface area (Å²) < 4.78 is 13.4. The van der Waals surface area contributed by atoms with E-state index in [1.54, 1.807) is 26.3 Å². The lowest BCUT2D eigenvalue weighted by molar-refractivity contribution is -0.145. The summed E-state index contributed by atoms with van der Waals surface area (Å²) in [5.74, 6) is 1.44. The van der Waals surface area contributed by atoms with Crippen LogP contribution in [0.4, 0.5) is 11.5 Å². The van der Waals surface area contributed by atoms with Crippen LogP contribution in [-0.2, 0) is 30.2 Å². The Morgan fingerprint density at radius 1 is 0.939 bits per heavy atom. The summed E-state index contributed by atoms with van der Waals surface area (Å²) in [6, 6.07) is 16.7. The van der Waals surface area contributed by atoms with Crippen molar-refractivity contribution in [3.63, 3.8) is 0 Å². The van der Waals surface area contributed by atoms with E-state index in [1.807, 2.05) is 49.4 Å². The lowest BCUT2D eigenvalue weighted by Crippen LogP contribution is -2.37. The summed E-state index contributed by atoms with van der Waals surface area (Å²) in [6.45, 7) is 4.60. The molecule has 2 fully saturated rings. The monoisotopic (exact) mass is 700 g/mol. The Balaban J connectivity index is 1.15. The summed E-state index contributed by atoms with van der Waals surface area (Å²) >= 11 is 14.1. The van der Waals surface area contributed by atoms with Crippen molar-refractivity contribution in [3.8, 4) is 28.3 Å². The fraction of sp³-hybridized carbons (Fsp3) is 0.306. The fourth-order valence-electron chi connectivity index (χ4n) is 7.01. The number of hydrogen-bond donors (Lipinski definition) is 1. The topological polar surface area (TPSA) is 121 Å². The number of halogens is 2. The number of methoxy groups -OCH3 is 1. The first-order valence-corrected chi connectivity index (χ1v) is 16.7. The van der Waals surface area contributed by atoms with Crippen LogP contribution < -0.4 is 21.3 Å². The van der Waals surface area contributed by atoms with Gasteiger partial charge in [0.05, 0.1) is 46.6 Å². The molecule has 2 atom stereocenters. The molecule has 2 unspecified atom stereocenters. The number of nitrogens with one attached hydrogen (secondary N) is 1. The number of hydrogen-bond acceptors (Lipinski definition) is 9. The number of fused-ring (bicyclic) bond motifs is 2. The van der Waals surface area contributed by atoms with Crippen molar-refractivity contribution in [2.75, 3.05) is 32.1 Å². The van der Waals surface area contributed by atoms with Crippen LogP contribution in [0, 0.1) is 17.8 Å². The maximum absolute atomic E-state index is 13.1. The lowest BCUT2D eigenvalue weighted by atomic mass is 10.00. The van der Waals surface area contributed by atoms with E-state index in [-0.39, 0.29) is 23.1 Å². The van der Waals surface area contributed by atoms with E-state index in [0.717, 1.165) is 23.2 Å². The van der Waals surface area contributed by atoms with Gasteiger partial charge in [-0.3, -0.25) is 23.6 Å². The molecule has 252 valence electrons. The summed E-state index contributed by atoms with van der Waals surface area (Å²) in [4.78, 5) is 49.3. The molecule has 5 aromatic rings. The highest BCUT2D eigenvalue weighted by Crippen LogP contribution is 2.52. The van der Waals surface area contributed by atoms with Crippen LogP contribution in [0.1, 0.15) is 12.5 Å². The van der Waals surface area contributed by atoms with Gasteiger partial charge in [0, 0.05) is 62.2 Å². The minimum absolute atomic E-state index is 0.0264. The van der Waals surface area contributed by atoms with Crippen LogP contribution in [0.25, 0.3) is 33.3 Å². The Hall–Kier alpha value is -4.71. The molecule has 1 saturated carbocycles. The SMILES string of the molecule is CCOC(=O)C1C2CN(Cc3ccc(-c4cccc(-c5cccc(Nc6nccc7c6c(=O)n(C)c(=O)n7C)c5Cl)c4Cl)nc3OC)CC21. The van der Waals surface area contributed by atoms with Gasteiger partial charge < -0.3 is 14.8 Å². The third-order valence-electron chi connectivity index (χ3n) is 9.55. The van der Waals surface area contributed by atoms with E-state index in [2.05, 4.69) is 15.2 Å². The van der Waals surface area contributed by atoms with E-state index in [1.165, 1.54) is 17.8 Å². The molecule has 4 heterocycles. The van der Waals surface area contributed by atoms with E-state index >= 15 is 0 Å². The highest BCUT2D eigenvalue weighted by Gasteiger charge is 2.60. The van der Waals surface area contributed by atoms with Crippen molar-refractivity contribution >= 4 is 51.6 Å². The average Bonchev–Trinajstić information content (AvgIpc) is 3.62. The smallest absolute Gasteiger partial charge is 0.330 e. The second kappa shape index (κ2) is 13.0. The summed E-state index contributed by atoms with van der Waals surface area (Å²) in [5, 5.41) is 4.30. The molecule has 0 spiro atoms. The molecule has 1 saturated heterocycles. The number of anilines is 2. The molecule has 0 bridgehead atoms. The molecule has 49 heavy (non-hydrogen) atoms. The second-order valence-corrected chi connectivity index (χ2v) is 13.1. The van der Waals surface area contributed by atoms with Crippen molar-refractivity contribution < 1.29 is 14.3 Å². The molecule has 2 aromatic carbocycles. The summed E-state index contributed by atoms with van der Waals surface area (Å²) in [6.07, 6.45) is 1.53. The number of piperidine rings is 1. The van der Waals surface area contributed by atoms with E-state index in [9.17, 15) is 14.4 Å². The van der Waals surface area contributed by atoms with Gasteiger partial charge in [0.1, 0.15) is 11.2 Å². The minimum atomic E-state index is -0.467.